The molecule has 18 heavy (non-hydrogen) atoms. The lowest BCUT2D eigenvalue weighted by Gasteiger charge is -2.44. The first-order valence-corrected chi connectivity index (χ1v) is 7.97. The van der Waals surface area contributed by atoms with E-state index < -0.39 is 0 Å². The molecule has 2 atom stereocenters. The molecular formula is C16H32N2. The summed E-state index contributed by atoms with van der Waals surface area (Å²) < 4.78 is 0. The molecule has 2 aliphatic rings. The lowest BCUT2D eigenvalue weighted by Crippen LogP contribution is -2.49. The SMILES string of the molecule is CC(C)N(CC1CCCN1)C1CCCC(C)(C)C1. The van der Waals surface area contributed by atoms with Crippen molar-refractivity contribution in [3.05, 3.63) is 0 Å². The van der Waals surface area contributed by atoms with Gasteiger partial charge in [-0.15, -0.1) is 0 Å². The second kappa shape index (κ2) is 5.92. The summed E-state index contributed by atoms with van der Waals surface area (Å²) in [6, 6.07) is 2.25. The number of hydrogen-bond donors (Lipinski definition) is 1. The lowest BCUT2D eigenvalue weighted by molar-refractivity contribution is 0.0646. The highest BCUT2D eigenvalue weighted by molar-refractivity contribution is 4.89. The molecule has 106 valence electrons. The molecule has 0 aromatic carbocycles. The standard InChI is InChI=1S/C16H32N2/c1-13(2)18(12-14-7-6-10-17-14)15-8-5-9-16(3,4)11-15/h13-15,17H,5-12H2,1-4H3. The minimum Gasteiger partial charge on any atom is -0.313 e. The average molecular weight is 252 g/mol. The lowest BCUT2D eigenvalue weighted by atomic mass is 9.74. The molecule has 1 saturated carbocycles. The van der Waals surface area contributed by atoms with Crippen LogP contribution in [0.5, 0.6) is 0 Å². The Labute approximate surface area is 114 Å². The maximum atomic E-state index is 3.66. The molecule has 0 aromatic rings. The molecule has 1 N–H and O–H groups in total. The van der Waals surface area contributed by atoms with Gasteiger partial charge in [0, 0.05) is 24.7 Å². The Bertz CT molecular complexity index is 254. The van der Waals surface area contributed by atoms with Crippen LogP contribution < -0.4 is 5.32 Å². The number of rotatable bonds is 4. The van der Waals surface area contributed by atoms with Crippen molar-refractivity contribution in [1.29, 1.82) is 0 Å². The van der Waals surface area contributed by atoms with Gasteiger partial charge in [-0.05, 0) is 57.9 Å². The quantitative estimate of drug-likeness (QED) is 0.825. The first-order chi connectivity index (χ1) is 8.48. The fraction of sp³-hybridized carbons (Fsp3) is 1.00. The molecule has 2 heteroatoms. The Morgan fingerprint density at radius 3 is 2.56 bits per heavy atom. The largest absolute Gasteiger partial charge is 0.313 e. The van der Waals surface area contributed by atoms with E-state index in [9.17, 15) is 0 Å². The second-order valence-electron chi connectivity index (χ2n) is 7.50. The fourth-order valence-electron chi connectivity index (χ4n) is 3.89. The van der Waals surface area contributed by atoms with Crippen LogP contribution in [0.1, 0.15) is 66.2 Å². The Morgan fingerprint density at radius 1 is 1.22 bits per heavy atom. The Kier molecular flexibility index (Phi) is 4.71. The zero-order chi connectivity index (χ0) is 13.2. The van der Waals surface area contributed by atoms with Gasteiger partial charge in [-0.2, -0.15) is 0 Å². The molecule has 0 radical (unpaired) electrons. The van der Waals surface area contributed by atoms with E-state index >= 15 is 0 Å². The second-order valence-corrected chi connectivity index (χ2v) is 7.50. The number of nitrogens with one attached hydrogen (secondary N) is 1. The first-order valence-electron chi connectivity index (χ1n) is 7.97. The van der Waals surface area contributed by atoms with Crippen LogP contribution in [-0.4, -0.2) is 36.1 Å². The van der Waals surface area contributed by atoms with Crippen molar-refractivity contribution in [3.8, 4) is 0 Å². The molecule has 2 nitrogen and oxygen atoms in total. The van der Waals surface area contributed by atoms with Gasteiger partial charge in [0.15, 0.2) is 0 Å². The highest BCUT2D eigenvalue weighted by atomic mass is 15.2. The van der Waals surface area contributed by atoms with E-state index in [1.54, 1.807) is 0 Å². The normalized spacial score (nSPS) is 32.3. The Morgan fingerprint density at radius 2 is 2.00 bits per heavy atom. The third-order valence-electron chi connectivity index (χ3n) is 4.91. The summed E-state index contributed by atoms with van der Waals surface area (Å²) in [4.78, 5) is 2.78. The fourth-order valence-corrected chi connectivity index (χ4v) is 3.89. The van der Waals surface area contributed by atoms with Crippen LogP contribution in [0.4, 0.5) is 0 Å². The molecule has 2 unspecified atom stereocenters. The minimum atomic E-state index is 0.555. The third-order valence-corrected chi connectivity index (χ3v) is 4.91. The summed E-state index contributed by atoms with van der Waals surface area (Å²) in [5, 5.41) is 3.66. The van der Waals surface area contributed by atoms with Crippen molar-refractivity contribution in [2.45, 2.75) is 84.3 Å². The van der Waals surface area contributed by atoms with Crippen molar-refractivity contribution in [2.75, 3.05) is 13.1 Å². The van der Waals surface area contributed by atoms with Gasteiger partial charge in [0.2, 0.25) is 0 Å². The maximum absolute atomic E-state index is 3.66. The zero-order valence-electron chi connectivity index (χ0n) is 12.8. The van der Waals surface area contributed by atoms with E-state index in [0.717, 1.165) is 12.1 Å². The van der Waals surface area contributed by atoms with Crippen molar-refractivity contribution in [1.82, 2.24) is 10.2 Å². The highest BCUT2D eigenvalue weighted by Gasteiger charge is 2.33. The van der Waals surface area contributed by atoms with Crippen LogP contribution >= 0.6 is 0 Å². The van der Waals surface area contributed by atoms with Crippen LogP contribution in [0, 0.1) is 5.41 Å². The smallest absolute Gasteiger partial charge is 0.0195 e. The molecule has 0 bridgehead atoms. The van der Waals surface area contributed by atoms with Gasteiger partial charge in [-0.25, -0.2) is 0 Å². The molecule has 1 aliphatic heterocycles. The van der Waals surface area contributed by atoms with Gasteiger partial charge in [0.25, 0.3) is 0 Å². The molecule has 0 aromatic heterocycles. The van der Waals surface area contributed by atoms with Gasteiger partial charge >= 0.3 is 0 Å². The highest BCUT2D eigenvalue weighted by Crippen LogP contribution is 2.38. The summed E-state index contributed by atoms with van der Waals surface area (Å²) >= 11 is 0. The molecule has 0 amide bonds. The van der Waals surface area contributed by atoms with Crippen molar-refractivity contribution >= 4 is 0 Å². The number of hydrogen-bond acceptors (Lipinski definition) is 2. The Balaban J connectivity index is 1.95. The van der Waals surface area contributed by atoms with Gasteiger partial charge in [-0.3, -0.25) is 4.90 Å². The average Bonchev–Trinajstić information content (AvgIpc) is 2.76. The van der Waals surface area contributed by atoms with Crippen LogP contribution in [0.2, 0.25) is 0 Å². The Hall–Kier alpha value is -0.0800. The zero-order valence-corrected chi connectivity index (χ0v) is 12.8. The molecule has 0 spiro atoms. The van der Waals surface area contributed by atoms with Crippen molar-refractivity contribution < 1.29 is 0 Å². The summed E-state index contributed by atoms with van der Waals surface area (Å²) in [5.74, 6) is 0. The summed E-state index contributed by atoms with van der Waals surface area (Å²) in [5.41, 5.74) is 0.555. The summed E-state index contributed by atoms with van der Waals surface area (Å²) in [6.07, 6.45) is 8.37. The van der Waals surface area contributed by atoms with E-state index in [4.69, 9.17) is 0 Å². The minimum absolute atomic E-state index is 0.555. The third kappa shape index (κ3) is 3.71. The van der Waals surface area contributed by atoms with E-state index in [1.807, 2.05) is 0 Å². The monoisotopic (exact) mass is 252 g/mol. The molecule has 1 saturated heterocycles. The predicted molar refractivity (Wildman–Crippen MR) is 78.9 cm³/mol. The number of nitrogens with zero attached hydrogens (tertiary/aromatic N) is 1. The first kappa shape index (κ1) is 14.3. The van der Waals surface area contributed by atoms with Crippen molar-refractivity contribution in [3.63, 3.8) is 0 Å². The van der Waals surface area contributed by atoms with E-state index in [1.165, 1.54) is 51.6 Å². The molecule has 1 aliphatic carbocycles. The maximum Gasteiger partial charge on any atom is 0.0195 e. The van der Waals surface area contributed by atoms with Crippen LogP contribution in [0.15, 0.2) is 0 Å². The van der Waals surface area contributed by atoms with Gasteiger partial charge in [0.1, 0.15) is 0 Å². The van der Waals surface area contributed by atoms with Gasteiger partial charge in [-0.1, -0.05) is 20.3 Å². The predicted octanol–water partition coefficient (Wildman–Crippen LogP) is 3.42. The molecular weight excluding hydrogens is 220 g/mol. The molecule has 1 heterocycles. The van der Waals surface area contributed by atoms with Gasteiger partial charge < -0.3 is 5.32 Å². The summed E-state index contributed by atoms with van der Waals surface area (Å²) in [7, 11) is 0. The van der Waals surface area contributed by atoms with Crippen LogP contribution in [0.25, 0.3) is 0 Å². The van der Waals surface area contributed by atoms with Crippen molar-refractivity contribution in [2.24, 2.45) is 5.41 Å². The van der Waals surface area contributed by atoms with Gasteiger partial charge in [0.05, 0.1) is 0 Å². The van der Waals surface area contributed by atoms with E-state index in [-0.39, 0.29) is 0 Å². The molecule has 2 rings (SSSR count). The summed E-state index contributed by atoms with van der Waals surface area (Å²) in [6.45, 7) is 12.1. The van der Waals surface area contributed by atoms with E-state index in [0.29, 0.717) is 11.5 Å². The van der Waals surface area contributed by atoms with Crippen LogP contribution in [-0.2, 0) is 0 Å². The van der Waals surface area contributed by atoms with E-state index in [2.05, 4.69) is 37.9 Å². The molecule has 2 fully saturated rings. The topological polar surface area (TPSA) is 15.3 Å². The van der Waals surface area contributed by atoms with Crippen LogP contribution in [0.3, 0.4) is 0 Å².